The molecule has 4 nitrogen and oxygen atoms in total. The minimum atomic E-state index is -4.62. The van der Waals surface area contributed by atoms with Gasteiger partial charge < -0.3 is 4.52 Å². The van der Waals surface area contributed by atoms with Gasteiger partial charge in [0.05, 0.1) is 8.41 Å². The zero-order valence-electron chi connectivity index (χ0n) is 12.0. The summed E-state index contributed by atoms with van der Waals surface area (Å²) in [4.78, 5) is 18.3. The third-order valence-corrected chi connectivity index (χ3v) is 4.34. The van der Waals surface area contributed by atoms with E-state index >= 15 is 0 Å². The SMILES string of the molecule is B.O=P(O)(O)Oc1cccc2ccc3cc4ccccc4cc3c12. The maximum atomic E-state index is 11.3. The van der Waals surface area contributed by atoms with E-state index in [-0.39, 0.29) is 14.2 Å². The lowest BCUT2D eigenvalue weighted by molar-refractivity contribution is 0.284. The molecule has 0 spiro atoms. The summed E-state index contributed by atoms with van der Waals surface area (Å²) in [7, 11) is -4.62. The number of benzene rings is 4. The number of fused-ring (bicyclic) bond motifs is 4. The van der Waals surface area contributed by atoms with E-state index in [1.165, 1.54) is 0 Å². The smallest absolute Gasteiger partial charge is 0.404 e. The van der Waals surface area contributed by atoms with Crippen LogP contribution in [0.4, 0.5) is 0 Å². The zero-order chi connectivity index (χ0) is 16.0. The van der Waals surface area contributed by atoms with Crippen molar-refractivity contribution < 1.29 is 18.9 Å². The summed E-state index contributed by atoms with van der Waals surface area (Å²) >= 11 is 0. The Labute approximate surface area is 140 Å². The fourth-order valence-corrected chi connectivity index (χ4v) is 3.38. The van der Waals surface area contributed by atoms with Crippen molar-refractivity contribution in [1.82, 2.24) is 0 Å². The fraction of sp³-hybridized carbons (Fsp3) is 0. The quantitative estimate of drug-likeness (QED) is 0.254. The standard InChI is InChI=1S/C18H13O4P.BH3/c19-23(20,21)22-17-7-3-6-12-8-9-15-10-13-4-1-2-5-14(13)11-16(15)18(12)17;/h1-11H,(H2,19,20,21);1H3. The lowest BCUT2D eigenvalue weighted by Crippen LogP contribution is -1.91. The molecule has 0 aliphatic carbocycles. The molecule has 0 atom stereocenters. The predicted molar refractivity (Wildman–Crippen MR) is 102 cm³/mol. The van der Waals surface area contributed by atoms with Gasteiger partial charge in [0, 0.05) is 5.39 Å². The molecular weight excluding hydrogens is 322 g/mol. The molecule has 4 aromatic rings. The Hall–Kier alpha value is -2.33. The molecule has 0 aromatic heterocycles. The van der Waals surface area contributed by atoms with Gasteiger partial charge in [0.2, 0.25) is 0 Å². The second kappa shape index (κ2) is 5.95. The first-order chi connectivity index (χ1) is 11.0. The molecule has 0 radical (unpaired) electrons. The molecule has 4 rings (SSSR count). The molecule has 0 bridgehead atoms. The van der Waals surface area contributed by atoms with Gasteiger partial charge in [0.1, 0.15) is 5.75 Å². The van der Waals surface area contributed by atoms with Gasteiger partial charge in [-0.3, -0.25) is 9.79 Å². The van der Waals surface area contributed by atoms with Crippen LogP contribution < -0.4 is 4.52 Å². The highest BCUT2D eigenvalue weighted by Gasteiger charge is 2.18. The van der Waals surface area contributed by atoms with Crippen molar-refractivity contribution in [1.29, 1.82) is 0 Å². The van der Waals surface area contributed by atoms with Crippen LogP contribution in [0.3, 0.4) is 0 Å². The summed E-state index contributed by atoms with van der Waals surface area (Å²) in [5.74, 6) is 0.191. The van der Waals surface area contributed by atoms with Crippen molar-refractivity contribution >= 4 is 48.6 Å². The molecule has 0 saturated carbocycles. The first-order valence-electron chi connectivity index (χ1n) is 7.11. The van der Waals surface area contributed by atoms with E-state index in [0.29, 0.717) is 5.39 Å². The predicted octanol–water partition coefficient (Wildman–Crippen LogP) is 3.43. The molecule has 120 valence electrons. The second-order valence-corrected chi connectivity index (χ2v) is 6.59. The molecule has 2 N–H and O–H groups in total. The molecule has 0 aliphatic rings. The average Bonchev–Trinajstić information content (AvgIpc) is 2.51. The highest BCUT2D eigenvalue weighted by molar-refractivity contribution is 7.46. The van der Waals surface area contributed by atoms with Crippen LogP contribution in [0.5, 0.6) is 5.75 Å². The lowest BCUT2D eigenvalue weighted by atomic mass is 9.98. The summed E-state index contributed by atoms with van der Waals surface area (Å²) in [5.41, 5.74) is 0. The molecule has 24 heavy (non-hydrogen) atoms. The number of hydrogen-bond donors (Lipinski definition) is 2. The normalized spacial score (nSPS) is 11.6. The average molecular weight is 338 g/mol. The van der Waals surface area contributed by atoms with Crippen molar-refractivity contribution in [2.45, 2.75) is 0 Å². The minimum absolute atomic E-state index is 0. The highest BCUT2D eigenvalue weighted by atomic mass is 31.2. The molecule has 0 aliphatic heterocycles. The Kier molecular flexibility index (Phi) is 4.10. The topological polar surface area (TPSA) is 66.8 Å². The fourth-order valence-electron chi connectivity index (χ4n) is 2.97. The van der Waals surface area contributed by atoms with Crippen LogP contribution in [-0.4, -0.2) is 18.2 Å². The number of phosphoric ester groups is 1. The van der Waals surface area contributed by atoms with E-state index in [1.54, 1.807) is 12.1 Å². The molecule has 4 aromatic carbocycles. The van der Waals surface area contributed by atoms with Gasteiger partial charge in [0.15, 0.2) is 0 Å². The molecule has 0 amide bonds. The van der Waals surface area contributed by atoms with E-state index in [4.69, 9.17) is 14.3 Å². The molecule has 6 heteroatoms. The van der Waals surface area contributed by atoms with Gasteiger partial charge in [-0.25, -0.2) is 4.57 Å². The van der Waals surface area contributed by atoms with Crippen LogP contribution in [0, 0.1) is 0 Å². The Bertz CT molecular complexity index is 1100. The first-order valence-corrected chi connectivity index (χ1v) is 8.64. The van der Waals surface area contributed by atoms with Crippen molar-refractivity contribution in [2.75, 3.05) is 0 Å². The Morgan fingerprint density at radius 2 is 1.38 bits per heavy atom. The van der Waals surface area contributed by atoms with Crippen LogP contribution >= 0.6 is 7.82 Å². The third kappa shape index (κ3) is 2.90. The largest absolute Gasteiger partial charge is 0.524 e. The van der Waals surface area contributed by atoms with Gasteiger partial charge in [-0.05, 0) is 45.1 Å². The van der Waals surface area contributed by atoms with Gasteiger partial charge in [-0.15, -0.1) is 0 Å². The molecule has 0 heterocycles. The van der Waals surface area contributed by atoms with Crippen LogP contribution in [0.1, 0.15) is 0 Å². The van der Waals surface area contributed by atoms with Crippen LogP contribution in [0.15, 0.2) is 66.7 Å². The number of hydrogen-bond acceptors (Lipinski definition) is 2. The molecule has 0 saturated heterocycles. The van der Waals surface area contributed by atoms with Crippen LogP contribution in [0.2, 0.25) is 0 Å². The number of rotatable bonds is 2. The second-order valence-electron chi connectivity index (χ2n) is 5.42. The molecular formula is C18H16BO4P. The first kappa shape index (κ1) is 16.5. The van der Waals surface area contributed by atoms with Gasteiger partial charge in [0.25, 0.3) is 0 Å². The van der Waals surface area contributed by atoms with Crippen molar-refractivity contribution in [3.63, 3.8) is 0 Å². The van der Waals surface area contributed by atoms with E-state index in [9.17, 15) is 4.57 Å². The highest BCUT2D eigenvalue weighted by Crippen LogP contribution is 2.43. The van der Waals surface area contributed by atoms with Crippen LogP contribution in [0.25, 0.3) is 32.3 Å². The van der Waals surface area contributed by atoms with E-state index < -0.39 is 7.82 Å². The minimum Gasteiger partial charge on any atom is -0.404 e. The summed E-state index contributed by atoms with van der Waals surface area (Å²) < 4.78 is 16.2. The maximum absolute atomic E-state index is 11.3. The van der Waals surface area contributed by atoms with E-state index in [1.807, 2.05) is 48.5 Å². The molecule has 0 fully saturated rings. The summed E-state index contributed by atoms with van der Waals surface area (Å²) in [6.45, 7) is 0. The monoisotopic (exact) mass is 338 g/mol. The van der Waals surface area contributed by atoms with Gasteiger partial charge in [-0.1, -0.05) is 48.5 Å². The van der Waals surface area contributed by atoms with E-state index in [0.717, 1.165) is 26.9 Å². The Morgan fingerprint density at radius 3 is 2.08 bits per heavy atom. The van der Waals surface area contributed by atoms with Crippen molar-refractivity contribution in [3.05, 3.63) is 66.7 Å². The maximum Gasteiger partial charge on any atom is 0.524 e. The van der Waals surface area contributed by atoms with Crippen LogP contribution in [-0.2, 0) is 4.57 Å². The van der Waals surface area contributed by atoms with Crippen molar-refractivity contribution in [3.8, 4) is 5.75 Å². The third-order valence-electron chi connectivity index (χ3n) is 3.91. The molecule has 0 unspecified atom stereocenters. The summed E-state index contributed by atoms with van der Waals surface area (Å²) in [5, 5.41) is 5.67. The lowest BCUT2D eigenvalue weighted by Gasteiger charge is -2.12. The number of phosphoric acid groups is 1. The van der Waals surface area contributed by atoms with E-state index in [2.05, 4.69) is 6.07 Å². The van der Waals surface area contributed by atoms with Gasteiger partial charge in [-0.2, -0.15) is 0 Å². The summed E-state index contributed by atoms with van der Waals surface area (Å²) in [6.07, 6.45) is 0. The Balaban J connectivity index is 0.00000169. The van der Waals surface area contributed by atoms with Crippen molar-refractivity contribution in [2.24, 2.45) is 0 Å². The Morgan fingerprint density at radius 1 is 0.750 bits per heavy atom. The van der Waals surface area contributed by atoms with Gasteiger partial charge >= 0.3 is 7.82 Å². The summed E-state index contributed by atoms with van der Waals surface area (Å²) in [6, 6.07) is 21.2. The zero-order valence-corrected chi connectivity index (χ0v) is 12.9.